The van der Waals surface area contributed by atoms with Gasteiger partial charge in [-0.1, -0.05) is 25.1 Å². The van der Waals surface area contributed by atoms with Crippen molar-refractivity contribution in [2.45, 2.75) is 35.8 Å². The van der Waals surface area contributed by atoms with Crippen LogP contribution in [0, 0.1) is 0 Å². The molecule has 1 aliphatic rings. The number of hydrogen-bond donors (Lipinski definition) is 2. The third-order valence-electron chi connectivity index (χ3n) is 3.59. The van der Waals surface area contributed by atoms with Crippen LogP contribution in [0.4, 0.5) is 4.79 Å². The number of thioether (sulfide) groups is 1. The number of hydrogen-bond acceptors (Lipinski definition) is 3. The molecule has 1 aliphatic heterocycles. The second-order valence-corrected chi connectivity index (χ2v) is 6.86. The van der Waals surface area contributed by atoms with Gasteiger partial charge in [-0.15, -0.1) is 11.8 Å². The van der Waals surface area contributed by atoms with Gasteiger partial charge in [-0.25, -0.2) is 4.79 Å². The third-order valence-corrected chi connectivity index (χ3v) is 5.08. The van der Waals surface area contributed by atoms with Crippen LogP contribution in [0.3, 0.4) is 0 Å². The van der Waals surface area contributed by atoms with Crippen molar-refractivity contribution in [3.63, 3.8) is 0 Å². The number of rotatable bonds is 6. The summed E-state index contributed by atoms with van der Waals surface area (Å²) in [5.41, 5.74) is 0. The molecule has 5 heteroatoms. The van der Waals surface area contributed by atoms with Gasteiger partial charge in [-0.2, -0.15) is 0 Å². The highest BCUT2D eigenvalue weighted by Gasteiger charge is 2.34. The summed E-state index contributed by atoms with van der Waals surface area (Å²) in [6.45, 7) is 4.96. The molecule has 21 heavy (non-hydrogen) atoms. The zero-order valence-electron chi connectivity index (χ0n) is 12.6. The maximum Gasteiger partial charge on any atom is 0.314 e. The van der Waals surface area contributed by atoms with Gasteiger partial charge in [0.2, 0.25) is 0 Å². The number of ether oxygens (including phenoxy) is 1. The number of benzene rings is 1. The first kappa shape index (κ1) is 16.2. The highest BCUT2D eigenvalue weighted by Crippen LogP contribution is 2.39. The Hall–Kier alpha value is -1.20. The Morgan fingerprint density at radius 2 is 1.95 bits per heavy atom. The Balaban J connectivity index is 1.95. The molecule has 2 rings (SSSR count). The number of carbonyl (C=O) groups excluding carboxylic acids is 1. The van der Waals surface area contributed by atoms with Gasteiger partial charge in [0.05, 0.1) is 0 Å². The van der Waals surface area contributed by atoms with E-state index in [1.165, 1.54) is 4.90 Å². The monoisotopic (exact) mass is 308 g/mol. The smallest absolute Gasteiger partial charge is 0.314 e. The van der Waals surface area contributed by atoms with Crippen LogP contribution in [0.15, 0.2) is 35.2 Å². The largest absolute Gasteiger partial charge is 0.381 e. The summed E-state index contributed by atoms with van der Waals surface area (Å²) in [4.78, 5) is 13.0. The lowest BCUT2D eigenvalue weighted by atomic mass is 9.99. The number of urea groups is 1. The summed E-state index contributed by atoms with van der Waals surface area (Å²) >= 11 is 1.86. The molecular formula is C16H24N2O2S. The molecule has 1 saturated heterocycles. The van der Waals surface area contributed by atoms with E-state index < -0.39 is 0 Å². The van der Waals surface area contributed by atoms with Gasteiger partial charge in [-0.3, -0.25) is 0 Å². The van der Waals surface area contributed by atoms with Crippen LogP contribution in [-0.2, 0) is 4.74 Å². The average molecular weight is 308 g/mol. The molecule has 0 atom stereocenters. The van der Waals surface area contributed by atoms with E-state index in [9.17, 15) is 4.79 Å². The Kier molecular flexibility index (Phi) is 6.39. The van der Waals surface area contributed by atoms with Crippen molar-refractivity contribution in [3.8, 4) is 0 Å². The van der Waals surface area contributed by atoms with Crippen molar-refractivity contribution >= 4 is 17.8 Å². The van der Waals surface area contributed by atoms with Gasteiger partial charge in [0.15, 0.2) is 0 Å². The molecule has 0 aliphatic carbocycles. The van der Waals surface area contributed by atoms with E-state index in [1.54, 1.807) is 0 Å². The fourth-order valence-electron chi connectivity index (χ4n) is 2.34. The van der Waals surface area contributed by atoms with Crippen molar-refractivity contribution in [2.75, 3.05) is 26.3 Å². The van der Waals surface area contributed by atoms with E-state index in [4.69, 9.17) is 4.74 Å². The zero-order valence-corrected chi connectivity index (χ0v) is 13.4. The van der Waals surface area contributed by atoms with Crippen LogP contribution < -0.4 is 10.6 Å². The van der Waals surface area contributed by atoms with E-state index in [0.717, 1.165) is 32.5 Å². The number of carbonyl (C=O) groups is 1. The van der Waals surface area contributed by atoms with Gasteiger partial charge in [0.1, 0.15) is 0 Å². The van der Waals surface area contributed by atoms with Crippen molar-refractivity contribution in [3.05, 3.63) is 30.3 Å². The number of nitrogens with one attached hydrogen (secondary N) is 2. The lowest BCUT2D eigenvalue weighted by molar-refractivity contribution is 0.0776. The molecular weight excluding hydrogens is 284 g/mol. The molecule has 0 unspecified atom stereocenters. The zero-order chi connectivity index (χ0) is 15.0. The van der Waals surface area contributed by atoms with Crippen LogP contribution >= 0.6 is 11.8 Å². The van der Waals surface area contributed by atoms with Crippen molar-refractivity contribution < 1.29 is 9.53 Å². The molecule has 2 amide bonds. The molecule has 0 aromatic heterocycles. The van der Waals surface area contributed by atoms with E-state index in [2.05, 4.69) is 34.9 Å². The Bertz CT molecular complexity index is 433. The minimum Gasteiger partial charge on any atom is -0.381 e. The highest BCUT2D eigenvalue weighted by atomic mass is 32.2. The molecule has 2 N–H and O–H groups in total. The van der Waals surface area contributed by atoms with Crippen LogP contribution in [0.25, 0.3) is 0 Å². The molecule has 1 fully saturated rings. The van der Waals surface area contributed by atoms with E-state index in [1.807, 2.05) is 24.8 Å². The SMILES string of the molecule is CCCNC(=O)NCC1(Sc2ccccc2)CCOCC1. The Morgan fingerprint density at radius 3 is 2.62 bits per heavy atom. The van der Waals surface area contributed by atoms with Gasteiger partial charge in [-0.05, 0) is 31.4 Å². The Labute approximate surface area is 131 Å². The first-order chi connectivity index (χ1) is 10.2. The number of amides is 2. The van der Waals surface area contributed by atoms with Crippen molar-refractivity contribution in [1.82, 2.24) is 10.6 Å². The van der Waals surface area contributed by atoms with Gasteiger partial charge in [0, 0.05) is 35.9 Å². The molecule has 0 radical (unpaired) electrons. The molecule has 0 saturated carbocycles. The predicted octanol–water partition coefficient (Wildman–Crippen LogP) is 3.04. The van der Waals surface area contributed by atoms with E-state index in [-0.39, 0.29) is 10.8 Å². The minimum absolute atomic E-state index is 0.0309. The summed E-state index contributed by atoms with van der Waals surface area (Å²) < 4.78 is 5.52. The second-order valence-electron chi connectivity index (χ2n) is 5.32. The molecule has 0 spiro atoms. The van der Waals surface area contributed by atoms with Crippen LogP contribution in [-0.4, -0.2) is 37.1 Å². The van der Waals surface area contributed by atoms with E-state index in [0.29, 0.717) is 13.1 Å². The standard InChI is InChI=1S/C16H24N2O2S/c1-2-10-17-15(19)18-13-16(8-11-20-12-9-16)21-14-6-4-3-5-7-14/h3-7H,2,8-13H2,1H3,(H2,17,18,19). The van der Waals surface area contributed by atoms with Gasteiger partial charge >= 0.3 is 6.03 Å². The maximum atomic E-state index is 11.8. The molecule has 116 valence electrons. The van der Waals surface area contributed by atoms with Crippen molar-refractivity contribution in [2.24, 2.45) is 0 Å². The van der Waals surface area contributed by atoms with Crippen molar-refractivity contribution in [1.29, 1.82) is 0 Å². The Morgan fingerprint density at radius 1 is 1.24 bits per heavy atom. The van der Waals surface area contributed by atoms with Gasteiger partial charge < -0.3 is 15.4 Å². The second kappa shape index (κ2) is 8.29. The molecule has 1 aromatic rings. The molecule has 1 heterocycles. The summed E-state index contributed by atoms with van der Waals surface area (Å²) in [5, 5.41) is 5.88. The fourth-order valence-corrected chi connectivity index (χ4v) is 3.65. The summed E-state index contributed by atoms with van der Waals surface area (Å²) in [7, 11) is 0. The highest BCUT2D eigenvalue weighted by molar-refractivity contribution is 8.00. The first-order valence-electron chi connectivity index (χ1n) is 7.58. The average Bonchev–Trinajstić information content (AvgIpc) is 2.53. The predicted molar refractivity (Wildman–Crippen MR) is 86.8 cm³/mol. The van der Waals surface area contributed by atoms with Gasteiger partial charge in [0.25, 0.3) is 0 Å². The minimum atomic E-state index is -0.0728. The quantitative estimate of drug-likeness (QED) is 0.849. The maximum absolute atomic E-state index is 11.8. The molecule has 1 aromatic carbocycles. The summed E-state index contributed by atoms with van der Waals surface area (Å²) in [6.07, 6.45) is 2.87. The molecule has 0 bridgehead atoms. The first-order valence-corrected chi connectivity index (χ1v) is 8.39. The third kappa shape index (κ3) is 5.25. The fraction of sp³-hybridized carbons (Fsp3) is 0.562. The van der Waals surface area contributed by atoms with Crippen LogP contribution in [0.1, 0.15) is 26.2 Å². The molecule has 4 nitrogen and oxygen atoms in total. The topological polar surface area (TPSA) is 50.4 Å². The van der Waals surface area contributed by atoms with Crippen LogP contribution in [0.2, 0.25) is 0 Å². The van der Waals surface area contributed by atoms with Crippen LogP contribution in [0.5, 0.6) is 0 Å². The van der Waals surface area contributed by atoms with E-state index >= 15 is 0 Å². The lowest BCUT2D eigenvalue weighted by Crippen LogP contribution is -2.47. The lowest BCUT2D eigenvalue weighted by Gasteiger charge is -2.36. The summed E-state index contributed by atoms with van der Waals surface area (Å²) in [6, 6.07) is 10.3. The summed E-state index contributed by atoms with van der Waals surface area (Å²) in [5.74, 6) is 0. The normalized spacial score (nSPS) is 17.2.